The maximum Gasteiger partial charge on any atom is 0.252 e. The molecule has 0 aromatic carbocycles. The highest BCUT2D eigenvalue weighted by molar-refractivity contribution is 7.91. The number of carbonyl (C=O) groups excluding carboxylic acids is 2. The van der Waals surface area contributed by atoms with Crippen LogP contribution in [-0.2, 0) is 19.6 Å². The van der Waals surface area contributed by atoms with Crippen LogP contribution in [0.2, 0.25) is 4.34 Å². The van der Waals surface area contributed by atoms with Crippen molar-refractivity contribution in [1.29, 1.82) is 0 Å². The third-order valence-electron chi connectivity index (χ3n) is 5.39. The van der Waals surface area contributed by atoms with Gasteiger partial charge in [0.1, 0.15) is 4.21 Å². The predicted molar refractivity (Wildman–Crippen MR) is 113 cm³/mol. The van der Waals surface area contributed by atoms with Crippen molar-refractivity contribution < 1.29 is 18.0 Å². The van der Waals surface area contributed by atoms with Crippen molar-refractivity contribution in [2.75, 3.05) is 39.3 Å². The molecule has 2 saturated heterocycles. The molecule has 2 aliphatic heterocycles. The average molecular weight is 462 g/mol. The van der Waals surface area contributed by atoms with Crippen molar-refractivity contribution in [3.05, 3.63) is 16.5 Å². The number of piperidine rings is 1. The van der Waals surface area contributed by atoms with Gasteiger partial charge in [-0.2, -0.15) is 4.31 Å². The molecule has 2 amide bonds. The Morgan fingerprint density at radius 2 is 1.72 bits per heavy atom. The fraction of sp³-hybridized carbons (Fsp3) is 0.684. The van der Waals surface area contributed by atoms with Gasteiger partial charge in [-0.05, 0) is 25.0 Å². The first-order chi connectivity index (χ1) is 13.5. The first-order valence-electron chi connectivity index (χ1n) is 9.84. The molecular formula is C19H28ClN3O4S2. The van der Waals surface area contributed by atoms with Crippen LogP contribution < -0.4 is 0 Å². The lowest BCUT2D eigenvalue weighted by molar-refractivity contribution is -0.145. The molecule has 1 aromatic rings. The Kier molecular flexibility index (Phi) is 6.62. The molecule has 0 saturated carbocycles. The van der Waals surface area contributed by atoms with Crippen LogP contribution in [0.4, 0.5) is 0 Å². The molecule has 1 atom stereocenters. The second kappa shape index (κ2) is 8.53. The average Bonchev–Trinajstić information content (AvgIpc) is 3.13. The molecule has 3 heterocycles. The van der Waals surface area contributed by atoms with Crippen LogP contribution >= 0.6 is 22.9 Å². The van der Waals surface area contributed by atoms with E-state index in [1.165, 1.54) is 10.4 Å². The Bertz CT molecular complexity index is 870. The third-order valence-corrected chi connectivity index (χ3v) is 8.99. The number of hydrogen-bond donors (Lipinski definition) is 0. The van der Waals surface area contributed by atoms with E-state index < -0.39 is 15.4 Å². The molecule has 2 aliphatic rings. The Morgan fingerprint density at radius 3 is 2.28 bits per heavy atom. The van der Waals surface area contributed by atoms with Crippen LogP contribution in [0.25, 0.3) is 0 Å². The molecule has 0 N–H and O–H groups in total. The Balaban J connectivity index is 1.59. The largest absolute Gasteiger partial charge is 0.341 e. The molecule has 0 spiro atoms. The molecule has 2 fully saturated rings. The van der Waals surface area contributed by atoms with Gasteiger partial charge >= 0.3 is 0 Å². The monoisotopic (exact) mass is 461 g/mol. The Morgan fingerprint density at radius 1 is 1.07 bits per heavy atom. The van der Waals surface area contributed by atoms with Crippen LogP contribution in [0, 0.1) is 11.3 Å². The van der Waals surface area contributed by atoms with Crippen LogP contribution in [0.3, 0.4) is 0 Å². The van der Waals surface area contributed by atoms with Gasteiger partial charge < -0.3 is 9.80 Å². The standard InChI is InChI=1S/C19H28ClN3O4S2/c1-19(2,3)18(25)22-8-4-5-14(13-22)17(24)21-9-11-23(12-10-21)29(26,27)16-7-6-15(20)28-16/h6-7,14H,4-5,8-13H2,1-3H3. The summed E-state index contributed by atoms with van der Waals surface area (Å²) in [5, 5.41) is 0. The molecule has 162 valence electrons. The summed E-state index contributed by atoms with van der Waals surface area (Å²) >= 11 is 6.91. The maximum absolute atomic E-state index is 13.0. The molecule has 1 aromatic heterocycles. The van der Waals surface area contributed by atoms with E-state index in [1.807, 2.05) is 20.8 Å². The maximum atomic E-state index is 13.0. The van der Waals surface area contributed by atoms with Crippen molar-refractivity contribution in [3.8, 4) is 0 Å². The number of sulfonamides is 1. The SMILES string of the molecule is CC(C)(C)C(=O)N1CCCC(C(=O)N2CCN(S(=O)(=O)c3ccc(Cl)s3)CC2)C1. The fourth-order valence-corrected chi connectivity index (χ4v) is 6.87. The van der Waals surface area contributed by atoms with Crippen molar-refractivity contribution in [1.82, 2.24) is 14.1 Å². The smallest absolute Gasteiger partial charge is 0.252 e. The highest BCUT2D eigenvalue weighted by atomic mass is 35.5. The minimum absolute atomic E-state index is 0.0209. The number of piperazine rings is 1. The quantitative estimate of drug-likeness (QED) is 0.692. The van der Waals surface area contributed by atoms with E-state index in [2.05, 4.69) is 0 Å². The van der Waals surface area contributed by atoms with Crippen LogP contribution in [0.1, 0.15) is 33.6 Å². The van der Waals surface area contributed by atoms with Crippen molar-refractivity contribution in [2.45, 2.75) is 37.8 Å². The normalized spacial score (nSPS) is 22.0. The van der Waals surface area contributed by atoms with Crippen molar-refractivity contribution in [2.24, 2.45) is 11.3 Å². The summed E-state index contributed by atoms with van der Waals surface area (Å²) in [7, 11) is -3.58. The van der Waals surface area contributed by atoms with Gasteiger partial charge in [0.25, 0.3) is 10.0 Å². The number of hydrogen-bond acceptors (Lipinski definition) is 5. The van der Waals surface area contributed by atoms with Gasteiger partial charge in [0.2, 0.25) is 11.8 Å². The van der Waals surface area contributed by atoms with E-state index >= 15 is 0 Å². The van der Waals surface area contributed by atoms with Gasteiger partial charge in [0.15, 0.2) is 0 Å². The second-order valence-corrected chi connectivity index (χ2v) is 12.5. The van der Waals surface area contributed by atoms with Gasteiger partial charge in [0, 0.05) is 44.7 Å². The Labute approximate surface area is 181 Å². The second-order valence-electron chi connectivity index (χ2n) is 8.63. The third kappa shape index (κ3) is 4.95. The minimum Gasteiger partial charge on any atom is -0.341 e. The summed E-state index contributed by atoms with van der Waals surface area (Å²) in [5.74, 6) is -0.123. The van der Waals surface area contributed by atoms with Crippen LogP contribution in [0.15, 0.2) is 16.3 Å². The zero-order valence-corrected chi connectivity index (χ0v) is 19.4. The Hall–Kier alpha value is -1.16. The number of nitrogens with zero attached hydrogens (tertiary/aromatic N) is 3. The van der Waals surface area contributed by atoms with Crippen molar-refractivity contribution in [3.63, 3.8) is 0 Å². The number of rotatable bonds is 3. The van der Waals surface area contributed by atoms with Gasteiger partial charge in [-0.25, -0.2) is 8.42 Å². The predicted octanol–water partition coefficient (Wildman–Crippen LogP) is 2.52. The zero-order valence-electron chi connectivity index (χ0n) is 17.1. The van der Waals surface area contributed by atoms with E-state index in [0.717, 1.165) is 24.2 Å². The van der Waals surface area contributed by atoms with Crippen LogP contribution in [-0.4, -0.2) is 73.6 Å². The van der Waals surface area contributed by atoms with Crippen LogP contribution in [0.5, 0.6) is 0 Å². The summed E-state index contributed by atoms with van der Waals surface area (Å²) in [4.78, 5) is 29.1. The fourth-order valence-electron chi connectivity index (χ4n) is 3.81. The van der Waals surface area contributed by atoms with Gasteiger partial charge in [-0.1, -0.05) is 32.4 Å². The first-order valence-corrected chi connectivity index (χ1v) is 12.5. The number of amides is 2. The molecule has 0 radical (unpaired) electrons. The summed E-state index contributed by atoms with van der Waals surface area (Å²) in [5.41, 5.74) is -0.463. The molecule has 3 rings (SSSR count). The summed E-state index contributed by atoms with van der Waals surface area (Å²) in [6.45, 7) is 8.06. The molecule has 10 heteroatoms. The van der Waals surface area contributed by atoms with E-state index in [1.54, 1.807) is 15.9 Å². The summed E-state index contributed by atoms with van der Waals surface area (Å²) in [6.07, 6.45) is 1.57. The topological polar surface area (TPSA) is 78.0 Å². The van der Waals surface area contributed by atoms with Gasteiger partial charge in [0.05, 0.1) is 10.3 Å². The number of likely N-dealkylation sites (tertiary alicyclic amines) is 1. The lowest BCUT2D eigenvalue weighted by Crippen LogP contribution is -2.54. The van der Waals surface area contributed by atoms with E-state index in [-0.39, 0.29) is 35.0 Å². The van der Waals surface area contributed by atoms with E-state index in [4.69, 9.17) is 11.6 Å². The highest BCUT2D eigenvalue weighted by Gasteiger charge is 2.37. The van der Waals surface area contributed by atoms with Gasteiger partial charge in [-0.15, -0.1) is 11.3 Å². The minimum atomic E-state index is -3.58. The number of carbonyl (C=O) groups is 2. The molecule has 1 unspecified atom stereocenters. The van der Waals surface area contributed by atoms with E-state index in [0.29, 0.717) is 30.5 Å². The molecule has 29 heavy (non-hydrogen) atoms. The lowest BCUT2D eigenvalue weighted by Gasteiger charge is -2.39. The summed E-state index contributed by atoms with van der Waals surface area (Å²) < 4.78 is 27.5. The first kappa shape index (κ1) is 22.5. The number of thiophene rings is 1. The summed E-state index contributed by atoms with van der Waals surface area (Å²) in [6, 6.07) is 3.09. The molecule has 0 bridgehead atoms. The molecular weight excluding hydrogens is 434 g/mol. The van der Waals surface area contributed by atoms with Gasteiger partial charge in [-0.3, -0.25) is 9.59 Å². The van der Waals surface area contributed by atoms with E-state index in [9.17, 15) is 18.0 Å². The molecule has 7 nitrogen and oxygen atoms in total. The lowest BCUT2D eigenvalue weighted by atomic mass is 9.90. The molecule has 0 aliphatic carbocycles. The zero-order chi connectivity index (χ0) is 21.4. The number of halogens is 1. The van der Waals surface area contributed by atoms with Crippen molar-refractivity contribution >= 4 is 44.8 Å². The highest BCUT2D eigenvalue weighted by Crippen LogP contribution is 2.29.